The zero-order valence-electron chi connectivity index (χ0n) is 14.9. The third-order valence-electron chi connectivity index (χ3n) is 3.97. The van der Waals surface area contributed by atoms with E-state index in [-0.39, 0.29) is 35.6 Å². The predicted molar refractivity (Wildman–Crippen MR) is 98.2 cm³/mol. The van der Waals surface area contributed by atoms with E-state index in [0.717, 1.165) is 16.7 Å². The molecule has 3 amide bonds. The van der Waals surface area contributed by atoms with E-state index in [1.54, 1.807) is 6.92 Å². The first-order valence-electron chi connectivity index (χ1n) is 8.39. The maximum Gasteiger partial charge on any atom is 0.387 e. The molecule has 2 rings (SSSR count). The summed E-state index contributed by atoms with van der Waals surface area (Å²) in [7, 11) is 0. The van der Waals surface area contributed by atoms with Gasteiger partial charge in [-0.1, -0.05) is 26.0 Å². The molecule has 146 valence electrons. The van der Waals surface area contributed by atoms with Crippen molar-refractivity contribution in [2.24, 2.45) is 5.92 Å². The number of benzene rings is 1. The molecule has 0 spiro atoms. The van der Waals surface area contributed by atoms with E-state index in [9.17, 15) is 23.2 Å². The highest BCUT2D eigenvalue weighted by atomic mass is 32.2. The average molecular weight is 398 g/mol. The molecule has 1 heterocycles. The molecule has 1 fully saturated rings. The van der Waals surface area contributed by atoms with Crippen molar-refractivity contribution < 1.29 is 27.9 Å². The Morgan fingerprint density at radius 3 is 2.56 bits per heavy atom. The summed E-state index contributed by atoms with van der Waals surface area (Å²) in [5.41, 5.74) is 0.576. The molecule has 0 unspecified atom stereocenters. The number of halogens is 2. The summed E-state index contributed by atoms with van der Waals surface area (Å²) in [4.78, 5) is 37.5. The zero-order chi connectivity index (χ0) is 20.0. The Hall–Kier alpha value is -2.42. The third kappa shape index (κ3) is 5.78. The van der Waals surface area contributed by atoms with Crippen LogP contribution in [-0.4, -0.2) is 41.7 Å². The first-order chi connectivity index (χ1) is 12.8. The molecule has 0 aliphatic carbocycles. The lowest BCUT2D eigenvalue weighted by Gasteiger charge is -2.14. The minimum absolute atomic E-state index is 0.00676. The topological polar surface area (TPSA) is 75.7 Å². The number of rotatable bonds is 8. The summed E-state index contributed by atoms with van der Waals surface area (Å²) in [6.45, 7) is 1.07. The van der Waals surface area contributed by atoms with Crippen LogP contribution in [0.2, 0.25) is 0 Å². The molecule has 0 bridgehead atoms. The van der Waals surface area contributed by atoms with Gasteiger partial charge in [0.2, 0.25) is 5.91 Å². The van der Waals surface area contributed by atoms with Crippen molar-refractivity contribution in [3.8, 4) is 5.75 Å². The van der Waals surface area contributed by atoms with Gasteiger partial charge in [0.15, 0.2) is 0 Å². The van der Waals surface area contributed by atoms with Crippen LogP contribution < -0.4 is 10.1 Å². The van der Waals surface area contributed by atoms with E-state index in [1.807, 2.05) is 6.92 Å². The van der Waals surface area contributed by atoms with Crippen molar-refractivity contribution in [3.63, 3.8) is 0 Å². The highest BCUT2D eigenvalue weighted by Gasteiger charge is 2.34. The number of carbonyl (C=O) groups is 3. The number of nitrogens with zero attached hydrogens (tertiary/aromatic N) is 1. The van der Waals surface area contributed by atoms with Gasteiger partial charge in [-0.3, -0.25) is 19.3 Å². The van der Waals surface area contributed by atoms with Gasteiger partial charge in [-0.25, -0.2) is 0 Å². The summed E-state index contributed by atoms with van der Waals surface area (Å²) < 4.78 is 28.6. The molecule has 0 saturated carbocycles. The molecule has 6 nitrogen and oxygen atoms in total. The number of amides is 3. The van der Waals surface area contributed by atoms with Gasteiger partial charge in [0, 0.05) is 19.0 Å². The molecule has 1 atom stereocenters. The molecular formula is C18H20F2N2O4S. The number of nitrogens with one attached hydrogen (secondary N) is 1. The van der Waals surface area contributed by atoms with Crippen molar-refractivity contribution in [1.29, 1.82) is 0 Å². The fourth-order valence-corrected chi connectivity index (χ4v) is 3.11. The average Bonchev–Trinajstić information content (AvgIpc) is 2.89. The van der Waals surface area contributed by atoms with Gasteiger partial charge in [-0.05, 0) is 42.0 Å². The van der Waals surface area contributed by atoms with E-state index in [0.29, 0.717) is 12.0 Å². The maximum atomic E-state index is 12.4. The molecule has 27 heavy (non-hydrogen) atoms. The quantitative estimate of drug-likeness (QED) is 0.679. The highest BCUT2D eigenvalue weighted by Crippen LogP contribution is 2.32. The minimum Gasteiger partial charge on any atom is -0.435 e. The normalized spacial score (nSPS) is 16.9. The number of carbonyl (C=O) groups excluding carboxylic acids is 3. The Kier molecular flexibility index (Phi) is 7.35. The SMILES string of the molecule is CC[C@H](C)C(=O)NCCN1C(=O)S/C(=C/c2ccc(OC(F)F)cc2)C1=O. The molecule has 0 aromatic heterocycles. The van der Waals surface area contributed by atoms with Crippen LogP contribution >= 0.6 is 11.8 Å². The Morgan fingerprint density at radius 2 is 1.96 bits per heavy atom. The molecule has 1 aliphatic rings. The van der Waals surface area contributed by atoms with Gasteiger partial charge in [0.25, 0.3) is 11.1 Å². The monoisotopic (exact) mass is 398 g/mol. The molecule has 9 heteroatoms. The van der Waals surface area contributed by atoms with Gasteiger partial charge in [-0.2, -0.15) is 8.78 Å². The van der Waals surface area contributed by atoms with E-state index in [1.165, 1.54) is 30.3 Å². The first-order valence-corrected chi connectivity index (χ1v) is 9.21. The van der Waals surface area contributed by atoms with E-state index in [2.05, 4.69) is 10.1 Å². The number of imide groups is 1. The lowest BCUT2D eigenvalue weighted by molar-refractivity contribution is -0.126. The molecule has 1 aromatic rings. The fourth-order valence-electron chi connectivity index (χ4n) is 2.24. The van der Waals surface area contributed by atoms with E-state index >= 15 is 0 Å². The van der Waals surface area contributed by atoms with Crippen LogP contribution in [0.25, 0.3) is 6.08 Å². The van der Waals surface area contributed by atoms with Crippen molar-refractivity contribution in [2.45, 2.75) is 26.9 Å². The van der Waals surface area contributed by atoms with E-state index in [4.69, 9.17) is 0 Å². The van der Waals surface area contributed by atoms with Crippen molar-refractivity contribution in [2.75, 3.05) is 13.1 Å². The number of alkyl halides is 2. The molecule has 1 aliphatic heterocycles. The summed E-state index contributed by atoms with van der Waals surface area (Å²) in [5, 5.41) is 2.28. The van der Waals surface area contributed by atoms with Crippen molar-refractivity contribution >= 4 is 34.9 Å². The highest BCUT2D eigenvalue weighted by molar-refractivity contribution is 8.18. The largest absolute Gasteiger partial charge is 0.435 e. The van der Waals surface area contributed by atoms with E-state index < -0.39 is 17.8 Å². The van der Waals surface area contributed by atoms with Crippen LogP contribution in [0.1, 0.15) is 25.8 Å². The van der Waals surface area contributed by atoms with Gasteiger partial charge >= 0.3 is 6.61 Å². The van der Waals surface area contributed by atoms with Gasteiger partial charge in [0.1, 0.15) is 5.75 Å². The predicted octanol–water partition coefficient (Wildman–Crippen LogP) is 3.49. The summed E-state index contributed by atoms with van der Waals surface area (Å²) in [6, 6.07) is 5.73. The Morgan fingerprint density at radius 1 is 1.30 bits per heavy atom. The number of hydrogen-bond acceptors (Lipinski definition) is 5. The van der Waals surface area contributed by atoms with Crippen LogP contribution in [0.15, 0.2) is 29.2 Å². The summed E-state index contributed by atoms with van der Waals surface area (Å²) in [5.74, 6) is -0.689. The molecule has 1 N–H and O–H groups in total. The lowest BCUT2D eigenvalue weighted by Crippen LogP contribution is -2.38. The summed E-state index contributed by atoms with van der Waals surface area (Å²) in [6.07, 6.45) is 2.21. The second-order valence-electron chi connectivity index (χ2n) is 5.88. The zero-order valence-corrected chi connectivity index (χ0v) is 15.7. The minimum atomic E-state index is -2.91. The maximum absolute atomic E-state index is 12.4. The van der Waals surface area contributed by atoms with Crippen LogP contribution in [0.5, 0.6) is 5.75 Å². The number of hydrogen-bond donors (Lipinski definition) is 1. The smallest absolute Gasteiger partial charge is 0.387 e. The molecule has 0 radical (unpaired) electrons. The molecule has 1 saturated heterocycles. The standard InChI is InChI=1S/C18H20F2N2O4S/c1-3-11(2)15(23)21-8-9-22-16(24)14(27-18(22)25)10-12-4-6-13(7-5-12)26-17(19)20/h4-7,10-11,17H,3,8-9H2,1-2H3,(H,21,23)/b14-10+/t11-/m0/s1. The number of thioether (sulfide) groups is 1. The third-order valence-corrected chi connectivity index (χ3v) is 4.88. The fraction of sp³-hybridized carbons (Fsp3) is 0.389. The lowest BCUT2D eigenvalue weighted by atomic mass is 10.1. The van der Waals surface area contributed by atoms with Crippen LogP contribution in [0.4, 0.5) is 13.6 Å². The first kappa shape index (κ1) is 20.9. The summed E-state index contributed by atoms with van der Waals surface area (Å²) >= 11 is 0.796. The molecular weight excluding hydrogens is 378 g/mol. The van der Waals surface area contributed by atoms with Gasteiger partial charge in [0.05, 0.1) is 4.91 Å². The van der Waals surface area contributed by atoms with Gasteiger partial charge in [-0.15, -0.1) is 0 Å². The Balaban J connectivity index is 1.96. The second kappa shape index (κ2) is 9.50. The van der Waals surface area contributed by atoms with Crippen LogP contribution in [0, 0.1) is 5.92 Å². The van der Waals surface area contributed by atoms with Crippen molar-refractivity contribution in [3.05, 3.63) is 34.7 Å². The van der Waals surface area contributed by atoms with Crippen LogP contribution in [0.3, 0.4) is 0 Å². The molecule has 1 aromatic carbocycles. The Bertz CT molecular complexity index is 737. The Labute approximate surface area is 159 Å². The number of ether oxygens (including phenoxy) is 1. The van der Waals surface area contributed by atoms with Crippen molar-refractivity contribution in [1.82, 2.24) is 10.2 Å². The second-order valence-corrected chi connectivity index (χ2v) is 6.87. The van der Waals surface area contributed by atoms with Crippen LogP contribution in [-0.2, 0) is 9.59 Å². The van der Waals surface area contributed by atoms with Gasteiger partial charge < -0.3 is 10.1 Å².